The fourth-order valence-electron chi connectivity index (χ4n) is 0.781. The Kier molecular flexibility index (Phi) is 2.99. The molecule has 0 fully saturated rings. The molecule has 0 saturated carbocycles. The maximum absolute atomic E-state index is 5.52. The third kappa shape index (κ3) is 2.64. The van der Waals surface area contributed by atoms with Gasteiger partial charge in [-0.3, -0.25) is 0 Å². The topological polar surface area (TPSA) is 35.2 Å². The average molecular weight is 147 g/mol. The van der Waals surface area contributed by atoms with Crippen LogP contribution in [0.3, 0.4) is 0 Å². The van der Waals surface area contributed by atoms with E-state index >= 15 is 0 Å². The van der Waals surface area contributed by atoms with Crippen molar-refractivity contribution in [1.29, 1.82) is 0 Å². The summed E-state index contributed by atoms with van der Waals surface area (Å²) in [6, 6.07) is 7.29. The average Bonchev–Trinajstić information content (AvgIpc) is 2.01. The Morgan fingerprint density at radius 1 is 1.45 bits per heavy atom. The predicted octanol–water partition coefficient (Wildman–Crippen LogP) is -0.182. The van der Waals surface area contributed by atoms with Crippen LogP contribution in [0.1, 0.15) is 0 Å². The van der Waals surface area contributed by atoms with Crippen LogP contribution in [-0.4, -0.2) is 21.0 Å². The molecule has 0 aliphatic heterocycles. The summed E-state index contributed by atoms with van der Waals surface area (Å²) in [6.45, 7) is 1.05. The summed E-state index contributed by atoms with van der Waals surface area (Å²) in [7, 11) is 5.52. The van der Waals surface area contributed by atoms with Crippen molar-refractivity contribution in [2.45, 2.75) is 0 Å². The molecule has 0 heterocycles. The van der Waals surface area contributed by atoms with Crippen LogP contribution in [-0.2, 0) is 0 Å². The lowest BCUT2D eigenvalue weighted by atomic mass is 9.96. The first kappa shape index (κ1) is 8.14. The van der Waals surface area contributed by atoms with Crippen molar-refractivity contribution in [1.82, 2.24) is 0 Å². The van der Waals surface area contributed by atoms with E-state index in [4.69, 9.17) is 18.3 Å². The Labute approximate surface area is 67.8 Å². The lowest BCUT2D eigenvalue weighted by Gasteiger charge is -2.03. The van der Waals surface area contributed by atoms with Crippen molar-refractivity contribution in [2.24, 2.45) is 5.73 Å². The molecule has 0 aliphatic carbocycles. The van der Waals surface area contributed by atoms with E-state index in [-0.39, 0.29) is 0 Å². The zero-order valence-corrected chi connectivity index (χ0v) is 6.29. The highest BCUT2D eigenvalue weighted by Gasteiger charge is 1.90. The van der Waals surface area contributed by atoms with Gasteiger partial charge in [0.1, 0.15) is 20.2 Å². The van der Waals surface area contributed by atoms with Crippen LogP contribution in [0.25, 0.3) is 0 Å². The smallest absolute Gasteiger partial charge is 0.118 e. The minimum absolute atomic E-state index is 0.523. The van der Waals surface area contributed by atoms with Crippen LogP contribution < -0.4 is 15.9 Å². The van der Waals surface area contributed by atoms with Crippen molar-refractivity contribution in [3.05, 3.63) is 24.3 Å². The van der Waals surface area contributed by atoms with Crippen molar-refractivity contribution >= 4 is 13.3 Å². The maximum atomic E-state index is 5.52. The maximum Gasteiger partial charge on any atom is 0.118 e. The third-order valence-corrected chi connectivity index (χ3v) is 1.24. The minimum Gasteiger partial charge on any atom is -0.492 e. The second kappa shape index (κ2) is 4.03. The molecule has 2 radical (unpaired) electrons. The zero-order chi connectivity index (χ0) is 8.10. The first-order valence-electron chi connectivity index (χ1n) is 3.51. The molecule has 11 heavy (non-hydrogen) atoms. The molecule has 2 nitrogen and oxygen atoms in total. The summed E-state index contributed by atoms with van der Waals surface area (Å²) in [4.78, 5) is 0. The van der Waals surface area contributed by atoms with Crippen LogP contribution in [0, 0.1) is 0 Å². The van der Waals surface area contributed by atoms with Gasteiger partial charge in [-0.25, -0.2) is 0 Å². The number of hydrogen-bond acceptors (Lipinski definition) is 2. The molecule has 0 saturated heterocycles. The summed E-state index contributed by atoms with van der Waals surface area (Å²) < 4.78 is 5.23. The molecule has 0 atom stereocenters. The van der Waals surface area contributed by atoms with Crippen molar-refractivity contribution in [3.63, 3.8) is 0 Å². The van der Waals surface area contributed by atoms with Gasteiger partial charge in [0, 0.05) is 6.54 Å². The molecule has 2 N–H and O–H groups in total. The first-order valence-corrected chi connectivity index (χ1v) is 3.51. The van der Waals surface area contributed by atoms with Gasteiger partial charge in [-0.15, -0.1) is 0 Å². The molecule has 1 aromatic rings. The van der Waals surface area contributed by atoms with Gasteiger partial charge in [0.2, 0.25) is 0 Å². The summed E-state index contributed by atoms with van der Waals surface area (Å²) in [5.41, 5.74) is 5.97. The van der Waals surface area contributed by atoms with Crippen molar-refractivity contribution in [3.8, 4) is 5.75 Å². The van der Waals surface area contributed by atoms with E-state index in [1.165, 1.54) is 0 Å². The molecule has 3 heteroatoms. The van der Waals surface area contributed by atoms with E-state index in [9.17, 15) is 0 Å². The van der Waals surface area contributed by atoms with E-state index < -0.39 is 0 Å². The molecule has 0 spiro atoms. The molecule has 0 unspecified atom stereocenters. The van der Waals surface area contributed by atoms with Crippen molar-refractivity contribution in [2.75, 3.05) is 13.2 Å². The quantitative estimate of drug-likeness (QED) is 0.601. The van der Waals surface area contributed by atoms with Crippen LogP contribution >= 0.6 is 0 Å². The highest BCUT2D eigenvalue weighted by Crippen LogP contribution is 2.05. The van der Waals surface area contributed by atoms with E-state index in [1.54, 1.807) is 6.07 Å². The van der Waals surface area contributed by atoms with E-state index in [2.05, 4.69) is 0 Å². The molecule has 56 valence electrons. The molecule has 0 aromatic heterocycles. The van der Waals surface area contributed by atoms with E-state index in [1.807, 2.05) is 18.2 Å². The lowest BCUT2D eigenvalue weighted by Crippen LogP contribution is -2.11. The van der Waals surface area contributed by atoms with E-state index in [0.29, 0.717) is 18.6 Å². The Balaban J connectivity index is 2.56. The van der Waals surface area contributed by atoms with Crippen LogP contribution in [0.4, 0.5) is 0 Å². The van der Waals surface area contributed by atoms with Gasteiger partial charge in [-0.2, -0.15) is 0 Å². The van der Waals surface area contributed by atoms with Crippen molar-refractivity contribution < 1.29 is 4.74 Å². The highest BCUT2D eigenvalue weighted by molar-refractivity contribution is 6.32. The lowest BCUT2D eigenvalue weighted by molar-refractivity contribution is 0.328. The number of hydrogen-bond donors (Lipinski definition) is 1. The largest absolute Gasteiger partial charge is 0.492 e. The summed E-state index contributed by atoms with van der Waals surface area (Å²) in [5.74, 6) is 0.774. The third-order valence-electron chi connectivity index (χ3n) is 1.24. The molecule has 0 bridgehead atoms. The van der Waals surface area contributed by atoms with Crippen LogP contribution in [0.5, 0.6) is 5.75 Å². The normalized spacial score (nSPS) is 9.55. The second-order valence-corrected chi connectivity index (χ2v) is 2.21. The molecule has 1 rings (SSSR count). The van der Waals surface area contributed by atoms with Gasteiger partial charge in [-0.05, 0) is 12.1 Å². The van der Waals surface area contributed by atoms with Gasteiger partial charge in [0.15, 0.2) is 0 Å². The number of rotatable bonds is 3. The summed E-state index contributed by atoms with van der Waals surface area (Å²) in [6.07, 6.45) is 0. The van der Waals surface area contributed by atoms with Crippen LogP contribution in [0.15, 0.2) is 24.3 Å². The Morgan fingerprint density at radius 3 is 2.91 bits per heavy atom. The van der Waals surface area contributed by atoms with Gasteiger partial charge in [0.25, 0.3) is 0 Å². The van der Waals surface area contributed by atoms with Crippen LogP contribution in [0.2, 0.25) is 0 Å². The first-order chi connectivity index (χ1) is 5.33. The van der Waals surface area contributed by atoms with E-state index in [0.717, 1.165) is 5.75 Å². The fraction of sp³-hybridized carbons (Fsp3) is 0.250. The summed E-state index contributed by atoms with van der Waals surface area (Å²) >= 11 is 0. The van der Waals surface area contributed by atoms with Gasteiger partial charge in [0.05, 0.1) is 0 Å². The standard InChI is InChI=1S/C8H10BNO/c9-7-2-1-3-8(6-7)11-5-4-10/h1-3,6H,4-5,10H2. The van der Waals surface area contributed by atoms with Gasteiger partial charge >= 0.3 is 0 Å². The second-order valence-electron chi connectivity index (χ2n) is 2.21. The summed E-state index contributed by atoms with van der Waals surface area (Å²) in [5, 5.41) is 0. The number of nitrogens with two attached hydrogens (primary N) is 1. The molecule has 1 aromatic carbocycles. The minimum atomic E-state index is 0.523. The number of benzene rings is 1. The van der Waals surface area contributed by atoms with Gasteiger partial charge < -0.3 is 10.5 Å². The molecule has 0 aliphatic rings. The number of ether oxygens (including phenoxy) is 1. The monoisotopic (exact) mass is 147 g/mol. The molecular weight excluding hydrogens is 137 g/mol. The zero-order valence-electron chi connectivity index (χ0n) is 6.29. The predicted molar refractivity (Wildman–Crippen MR) is 46.4 cm³/mol. The highest BCUT2D eigenvalue weighted by atomic mass is 16.5. The SMILES string of the molecule is [B]c1cccc(OCCN)c1. The Bertz CT molecular complexity index is 227. The van der Waals surface area contributed by atoms with Gasteiger partial charge in [-0.1, -0.05) is 17.6 Å². The Hall–Kier alpha value is -0.955. The molecular formula is C8H10BNO. The molecule has 0 amide bonds. The Morgan fingerprint density at radius 2 is 2.27 bits per heavy atom. The fourth-order valence-corrected chi connectivity index (χ4v) is 0.781.